The van der Waals surface area contributed by atoms with E-state index in [2.05, 4.69) is 44.7 Å². The van der Waals surface area contributed by atoms with Gasteiger partial charge in [-0.2, -0.15) is 5.21 Å². The number of rotatable bonds is 4. The molecule has 2 aromatic carbocycles. The largest absolute Gasteiger partial charge is 0.368 e. The third-order valence-corrected chi connectivity index (χ3v) is 4.90. The van der Waals surface area contributed by atoms with E-state index < -0.39 is 5.82 Å². The SMILES string of the molecule is Cc1ccccc1N1CCN(C(=O)c2n[nH]nc2Nc2ccccc2F)CC1. The molecule has 1 aliphatic heterocycles. The van der Waals surface area contributed by atoms with Crippen molar-refractivity contribution in [1.29, 1.82) is 0 Å². The lowest BCUT2D eigenvalue weighted by molar-refractivity contribution is 0.0742. The highest BCUT2D eigenvalue weighted by atomic mass is 19.1. The summed E-state index contributed by atoms with van der Waals surface area (Å²) in [7, 11) is 0. The number of halogens is 1. The third kappa shape index (κ3) is 3.53. The summed E-state index contributed by atoms with van der Waals surface area (Å²) in [5.41, 5.74) is 2.82. The predicted molar refractivity (Wildman–Crippen MR) is 105 cm³/mol. The van der Waals surface area contributed by atoms with E-state index in [0.717, 1.165) is 13.1 Å². The normalized spacial score (nSPS) is 14.2. The van der Waals surface area contributed by atoms with Crippen LogP contribution in [-0.2, 0) is 0 Å². The quantitative estimate of drug-likeness (QED) is 0.728. The highest BCUT2D eigenvalue weighted by molar-refractivity contribution is 5.97. The van der Waals surface area contributed by atoms with E-state index in [0.29, 0.717) is 13.1 Å². The summed E-state index contributed by atoms with van der Waals surface area (Å²) in [4.78, 5) is 16.9. The number of aryl methyl sites for hydroxylation is 1. The number of carbonyl (C=O) groups is 1. The number of hydrogen-bond acceptors (Lipinski definition) is 5. The predicted octanol–water partition coefficient (Wildman–Crippen LogP) is 2.96. The lowest BCUT2D eigenvalue weighted by atomic mass is 10.1. The van der Waals surface area contributed by atoms with Crippen LogP contribution in [0.15, 0.2) is 48.5 Å². The van der Waals surface area contributed by atoms with E-state index in [1.165, 1.54) is 17.3 Å². The fraction of sp³-hybridized carbons (Fsp3) is 0.250. The molecule has 2 N–H and O–H groups in total. The van der Waals surface area contributed by atoms with Crippen LogP contribution in [0.1, 0.15) is 16.1 Å². The average Bonchev–Trinajstić information content (AvgIpc) is 3.18. The van der Waals surface area contributed by atoms with E-state index in [9.17, 15) is 9.18 Å². The van der Waals surface area contributed by atoms with Gasteiger partial charge in [-0.15, -0.1) is 10.2 Å². The molecule has 0 aliphatic carbocycles. The van der Waals surface area contributed by atoms with Gasteiger partial charge in [-0.25, -0.2) is 4.39 Å². The zero-order chi connectivity index (χ0) is 19.5. The number of anilines is 3. The molecule has 1 fully saturated rings. The van der Waals surface area contributed by atoms with E-state index >= 15 is 0 Å². The van der Waals surface area contributed by atoms with Crippen molar-refractivity contribution in [3.05, 3.63) is 65.6 Å². The van der Waals surface area contributed by atoms with Gasteiger partial charge in [-0.1, -0.05) is 30.3 Å². The van der Waals surface area contributed by atoms with E-state index in [-0.39, 0.29) is 23.1 Å². The molecule has 0 atom stereocenters. The molecule has 0 spiro atoms. The van der Waals surface area contributed by atoms with Crippen molar-refractivity contribution >= 4 is 23.1 Å². The maximum Gasteiger partial charge on any atom is 0.278 e. The van der Waals surface area contributed by atoms with Crippen molar-refractivity contribution in [3.63, 3.8) is 0 Å². The number of H-pyrrole nitrogens is 1. The number of benzene rings is 2. The fourth-order valence-electron chi connectivity index (χ4n) is 3.38. The first kappa shape index (κ1) is 18.0. The van der Waals surface area contributed by atoms with Crippen LogP contribution in [0.2, 0.25) is 0 Å². The van der Waals surface area contributed by atoms with Gasteiger partial charge in [-0.05, 0) is 30.7 Å². The maximum atomic E-state index is 13.9. The molecule has 2 heterocycles. The van der Waals surface area contributed by atoms with Crippen LogP contribution in [0, 0.1) is 12.7 Å². The lowest BCUT2D eigenvalue weighted by Gasteiger charge is -2.36. The Hall–Kier alpha value is -3.42. The second-order valence-corrected chi connectivity index (χ2v) is 6.69. The second kappa shape index (κ2) is 7.67. The molecule has 0 bridgehead atoms. The molecule has 0 saturated carbocycles. The van der Waals surface area contributed by atoms with Gasteiger partial charge >= 0.3 is 0 Å². The number of aromatic amines is 1. The van der Waals surface area contributed by atoms with Gasteiger partial charge in [0, 0.05) is 31.9 Å². The van der Waals surface area contributed by atoms with Crippen LogP contribution in [0.3, 0.4) is 0 Å². The standard InChI is InChI=1S/C20H21FN6O/c1-14-6-2-5-9-17(14)26-10-12-27(13-11-26)20(28)18-19(24-25-23-18)22-16-8-4-3-7-15(16)21/h2-9H,10-13H2,1H3,(H2,22,23,24,25). The molecule has 1 saturated heterocycles. The zero-order valence-electron chi connectivity index (χ0n) is 15.5. The van der Waals surface area contributed by atoms with Crippen molar-refractivity contribution < 1.29 is 9.18 Å². The molecule has 7 nitrogen and oxygen atoms in total. The third-order valence-electron chi connectivity index (χ3n) is 4.90. The number of amides is 1. The van der Waals surface area contributed by atoms with Gasteiger partial charge in [0.15, 0.2) is 11.5 Å². The van der Waals surface area contributed by atoms with Crippen LogP contribution >= 0.6 is 0 Å². The molecule has 144 valence electrons. The molecule has 0 radical (unpaired) electrons. The Kier molecular flexibility index (Phi) is 4.92. The number of nitrogens with one attached hydrogen (secondary N) is 2. The molecule has 28 heavy (non-hydrogen) atoms. The summed E-state index contributed by atoms with van der Waals surface area (Å²) in [6.45, 7) is 4.73. The van der Waals surface area contributed by atoms with Crippen LogP contribution in [0.25, 0.3) is 0 Å². The minimum atomic E-state index is -0.421. The highest BCUT2D eigenvalue weighted by Crippen LogP contribution is 2.23. The number of carbonyl (C=O) groups excluding carboxylic acids is 1. The molecular formula is C20H21FN6O. The van der Waals surface area contributed by atoms with Crippen molar-refractivity contribution in [2.24, 2.45) is 0 Å². The highest BCUT2D eigenvalue weighted by Gasteiger charge is 2.27. The maximum absolute atomic E-state index is 13.9. The van der Waals surface area contributed by atoms with Gasteiger partial charge in [0.2, 0.25) is 0 Å². The van der Waals surface area contributed by atoms with Crippen molar-refractivity contribution in [3.8, 4) is 0 Å². The van der Waals surface area contributed by atoms with Crippen molar-refractivity contribution in [1.82, 2.24) is 20.3 Å². The van der Waals surface area contributed by atoms with E-state index in [4.69, 9.17) is 0 Å². The molecule has 0 unspecified atom stereocenters. The molecule has 3 aromatic rings. The number of nitrogens with zero attached hydrogens (tertiary/aromatic N) is 4. The van der Waals surface area contributed by atoms with Gasteiger partial charge in [0.05, 0.1) is 5.69 Å². The summed E-state index contributed by atoms with van der Waals surface area (Å²) in [5, 5.41) is 13.3. The first-order valence-corrected chi connectivity index (χ1v) is 9.15. The molecule has 1 aromatic heterocycles. The van der Waals surface area contributed by atoms with E-state index in [1.807, 2.05) is 12.1 Å². The zero-order valence-corrected chi connectivity index (χ0v) is 15.5. The smallest absolute Gasteiger partial charge is 0.278 e. The number of para-hydroxylation sites is 2. The summed E-state index contributed by atoms with van der Waals surface area (Å²) in [6, 6.07) is 14.5. The Bertz CT molecular complexity index is 980. The summed E-state index contributed by atoms with van der Waals surface area (Å²) in [5.74, 6) is -0.427. The molecular weight excluding hydrogens is 359 g/mol. The van der Waals surface area contributed by atoms with E-state index in [1.54, 1.807) is 23.1 Å². The minimum absolute atomic E-state index is 0.160. The number of piperazine rings is 1. The molecule has 4 rings (SSSR count). The summed E-state index contributed by atoms with van der Waals surface area (Å²) < 4.78 is 13.9. The Balaban J connectivity index is 1.45. The fourth-order valence-corrected chi connectivity index (χ4v) is 3.38. The molecule has 1 aliphatic rings. The Morgan fingerprint density at radius 2 is 1.75 bits per heavy atom. The lowest BCUT2D eigenvalue weighted by Crippen LogP contribution is -2.49. The number of aromatic nitrogens is 3. The van der Waals surface area contributed by atoms with Crippen molar-refractivity contribution in [2.75, 3.05) is 36.4 Å². The van der Waals surface area contributed by atoms with Gasteiger partial charge in [0.1, 0.15) is 5.82 Å². The van der Waals surface area contributed by atoms with Crippen LogP contribution in [0.5, 0.6) is 0 Å². The van der Waals surface area contributed by atoms with Crippen LogP contribution in [-0.4, -0.2) is 52.4 Å². The van der Waals surface area contributed by atoms with Gasteiger partial charge in [0.25, 0.3) is 5.91 Å². The van der Waals surface area contributed by atoms with Gasteiger partial charge < -0.3 is 15.1 Å². The first-order valence-electron chi connectivity index (χ1n) is 9.15. The first-order chi connectivity index (χ1) is 13.6. The summed E-state index contributed by atoms with van der Waals surface area (Å²) in [6.07, 6.45) is 0. The Labute approximate surface area is 162 Å². The molecule has 1 amide bonds. The Morgan fingerprint density at radius 3 is 2.50 bits per heavy atom. The van der Waals surface area contributed by atoms with Crippen LogP contribution < -0.4 is 10.2 Å². The monoisotopic (exact) mass is 380 g/mol. The topological polar surface area (TPSA) is 77.2 Å². The Morgan fingerprint density at radius 1 is 1.04 bits per heavy atom. The second-order valence-electron chi connectivity index (χ2n) is 6.69. The number of hydrogen-bond donors (Lipinski definition) is 2. The summed E-state index contributed by atoms with van der Waals surface area (Å²) >= 11 is 0. The molecule has 8 heteroatoms. The average molecular weight is 380 g/mol. The van der Waals surface area contributed by atoms with Crippen molar-refractivity contribution in [2.45, 2.75) is 6.92 Å². The van der Waals surface area contributed by atoms with Gasteiger partial charge in [-0.3, -0.25) is 4.79 Å². The van der Waals surface area contributed by atoms with Crippen LogP contribution in [0.4, 0.5) is 21.6 Å². The minimum Gasteiger partial charge on any atom is -0.368 e.